The number of carbonyl (C=O) groups excluding carboxylic acids is 3. The van der Waals surface area contributed by atoms with Crippen molar-refractivity contribution in [2.45, 2.75) is 34.6 Å². The van der Waals surface area contributed by atoms with E-state index in [4.69, 9.17) is 5.14 Å². The molecule has 13 heteroatoms. The number of fused-ring (bicyclic) bond motifs is 2. The third-order valence-electron chi connectivity index (χ3n) is 7.27. The molecule has 3 N–H and O–H groups in total. The predicted octanol–water partition coefficient (Wildman–Crippen LogP) is 3.30. The van der Waals surface area contributed by atoms with Crippen LogP contribution in [0.2, 0.25) is 0 Å². The summed E-state index contributed by atoms with van der Waals surface area (Å²) in [4.78, 5) is 55.3. The van der Waals surface area contributed by atoms with Crippen molar-refractivity contribution in [3.63, 3.8) is 0 Å². The zero-order valence-electron chi connectivity index (χ0n) is 22.1. The van der Waals surface area contributed by atoms with Gasteiger partial charge in [0.2, 0.25) is 27.7 Å². The van der Waals surface area contributed by atoms with Crippen LogP contribution in [0.5, 0.6) is 0 Å². The van der Waals surface area contributed by atoms with Crippen molar-refractivity contribution in [2.75, 3.05) is 10.2 Å². The van der Waals surface area contributed by atoms with Crippen LogP contribution in [0.4, 0.5) is 11.4 Å². The molecule has 3 atom stereocenters. The molecular formula is C29H24N4O6S3. The first-order valence-electron chi connectivity index (χ1n) is 12.9. The summed E-state index contributed by atoms with van der Waals surface area (Å²) in [5.74, 6) is -2.48. The molecule has 0 aliphatic carbocycles. The molecular weight excluding hydrogens is 597 g/mol. The maximum atomic E-state index is 13.9. The van der Waals surface area contributed by atoms with Crippen LogP contribution >= 0.6 is 23.1 Å². The normalized spacial score (nSPS) is 19.9. The average molecular weight is 621 g/mol. The molecule has 4 aromatic rings. The zero-order valence-corrected chi connectivity index (χ0v) is 24.5. The summed E-state index contributed by atoms with van der Waals surface area (Å²) in [6.07, 6.45) is 0. The van der Waals surface area contributed by atoms with Crippen molar-refractivity contribution in [2.24, 2.45) is 11.1 Å². The van der Waals surface area contributed by atoms with Crippen LogP contribution in [0.15, 0.2) is 93.6 Å². The Morgan fingerprint density at radius 1 is 0.929 bits per heavy atom. The minimum Gasteiger partial charge on any atom is -0.325 e. The number of aromatic nitrogens is 1. The van der Waals surface area contributed by atoms with Gasteiger partial charge in [0.15, 0.2) is 0 Å². The fourth-order valence-corrected chi connectivity index (χ4v) is 8.58. The lowest BCUT2D eigenvalue weighted by molar-refractivity contribution is -0.122. The van der Waals surface area contributed by atoms with Crippen LogP contribution in [0.1, 0.15) is 21.9 Å². The highest BCUT2D eigenvalue weighted by Crippen LogP contribution is 2.53. The van der Waals surface area contributed by atoms with Crippen molar-refractivity contribution >= 4 is 62.2 Å². The van der Waals surface area contributed by atoms with Crippen LogP contribution < -0.4 is 20.2 Å². The lowest BCUT2D eigenvalue weighted by Crippen LogP contribution is -2.33. The topological polar surface area (TPSA) is 149 Å². The Kier molecular flexibility index (Phi) is 7.13. The Morgan fingerprint density at radius 3 is 2.24 bits per heavy atom. The Balaban J connectivity index is 1.35. The maximum Gasteiger partial charge on any atom is 0.308 e. The monoisotopic (exact) mass is 620 g/mol. The van der Waals surface area contributed by atoms with Gasteiger partial charge in [-0.15, -0.1) is 0 Å². The van der Waals surface area contributed by atoms with Crippen LogP contribution in [-0.2, 0) is 31.0 Å². The van der Waals surface area contributed by atoms with E-state index in [1.807, 2.05) is 49.4 Å². The SMILES string of the molecule is Cc1ccc(N2C(=O)C3Sc4c(sc(=O)n4CC(=O)Nc4ccc(S(N)(=O)=O)cc4)[C@H](c4ccccc4)C3C2=O)cc1. The fraction of sp³-hybridized carbons (Fsp3) is 0.172. The molecule has 2 aliphatic heterocycles. The number of anilines is 2. The smallest absolute Gasteiger partial charge is 0.308 e. The van der Waals surface area contributed by atoms with Gasteiger partial charge in [0.05, 0.1) is 21.5 Å². The number of benzene rings is 3. The Labute approximate surface area is 249 Å². The zero-order chi connectivity index (χ0) is 29.8. The second kappa shape index (κ2) is 10.7. The number of thioether (sulfide) groups is 1. The summed E-state index contributed by atoms with van der Waals surface area (Å²) in [5, 5.41) is 7.49. The Hall–Kier alpha value is -4.04. The summed E-state index contributed by atoms with van der Waals surface area (Å²) in [5.41, 5.74) is 2.61. The molecule has 10 nitrogen and oxygen atoms in total. The first-order valence-corrected chi connectivity index (χ1v) is 16.1. The van der Waals surface area contributed by atoms with E-state index in [2.05, 4.69) is 5.32 Å². The second-order valence-corrected chi connectivity index (χ2v) is 13.7. The number of hydrogen-bond acceptors (Lipinski definition) is 8. The van der Waals surface area contributed by atoms with Crippen molar-refractivity contribution in [1.29, 1.82) is 0 Å². The Morgan fingerprint density at radius 2 is 1.60 bits per heavy atom. The lowest BCUT2D eigenvalue weighted by atomic mass is 9.83. The number of nitrogens with zero attached hydrogens (tertiary/aromatic N) is 2. The molecule has 2 aliphatic rings. The number of primary sulfonamides is 1. The van der Waals surface area contributed by atoms with E-state index >= 15 is 0 Å². The van der Waals surface area contributed by atoms with Crippen molar-refractivity contribution in [3.05, 3.63) is 105 Å². The molecule has 0 radical (unpaired) electrons. The lowest BCUT2D eigenvalue weighted by Gasteiger charge is -2.30. The summed E-state index contributed by atoms with van der Waals surface area (Å²) < 4.78 is 24.4. The number of sulfonamides is 1. The van der Waals surface area contributed by atoms with Gasteiger partial charge in [-0.2, -0.15) is 0 Å². The van der Waals surface area contributed by atoms with Gasteiger partial charge in [-0.1, -0.05) is 71.1 Å². The third-order valence-corrected chi connectivity index (χ3v) is 10.8. The van der Waals surface area contributed by atoms with Crippen LogP contribution in [0.3, 0.4) is 0 Å². The van der Waals surface area contributed by atoms with Crippen LogP contribution in [-0.4, -0.2) is 36.0 Å². The number of amides is 3. The standard InChI is InChI=1S/C29H24N4O6S3/c1-16-7-11-19(12-8-16)33-26(35)23-22(17-5-3-2-4-6-17)25-28(40-24(23)27(33)36)32(29(37)41-25)15-21(34)31-18-9-13-20(14-10-18)42(30,38)39/h2-14,22-24H,15H2,1H3,(H,31,34)(H2,30,38,39)/t22-,23?,24?/m1/s1. The van der Waals surface area contributed by atoms with E-state index in [9.17, 15) is 27.6 Å². The van der Waals surface area contributed by atoms with Gasteiger partial charge in [0, 0.05) is 16.5 Å². The largest absolute Gasteiger partial charge is 0.325 e. The highest BCUT2D eigenvalue weighted by Gasteiger charge is 2.56. The van der Waals surface area contributed by atoms with Gasteiger partial charge < -0.3 is 5.32 Å². The number of carbonyl (C=O) groups is 3. The highest BCUT2D eigenvalue weighted by atomic mass is 32.2. The summed E-state index contributed by atoms with van der Waals surface area (Å²) in [6, 6.07) is 21.8. The number of aryl methyl sites for hydroxylation is 1. The number of rotatable bonds is 6. The molecule has 3 amide bonds. The van der Waals surface area contributed by atoms with Gasteiger partial charge in [0.1, 0.15) is 11.8 Å². The van der Waals surface area contributed by atoms with Gasteiger partial charge in [0.25, 0.3) is 0 Å². The number of hydrogen-bond donors (Lipinski definition) is 2. The minimum absolute atomic E-state index is 0.100. The van der Waals surface area contributed by atoms with Crippen molar-refractivity contribution in [3.8, 4) is 0 Å². The molecule has 214 valence electrons. The highest BCUT2D eigenvalue weighted by molar-refractivity contribution is 8.00. The maximum absolute atomic E-state index is 13.9. The molecule has 0 saturated carbocycles. The number of nitrogens with two attached hydrogens (primary N) is 1. The molecule has 2 unspecified atom stereocenters. The van der Waals surface area contributed by atoms with E-state index < -0.39 is 33.0 Å². The van der Waals surface area contributed by atoms with E-state index in [0.29, 0.717) is 21.3 Å². The summed E-state index contributed by atoms with van der Waals surface area (Å²) in [7, 11) is -3.89. The second-order valence-electron chi connectivity index (χ2n) is 10.0. The molecule has 42 heavy (non-hydrogen) atoms. The van der Waals surface area contributed by atoms with E-state index in [-0.39, 0.29) is 28.1 Å². The molecule has 0 bridgehead atoms. The number of thiazole rings is 1. The summed E-state index contributed by atoms with van der Waals surface area (Å²) in [6.45, 7) is 1.59. The minimum atomic E-state index is -3.89. The number of imide groups is 1. The summed E-state index contributed by atoms with van der Waals surface area (Å²) >= 11 is 2.11. The van der Waals surface area contributed by atoms with Gasteiger partial charge in [-0.3, -0.25) is 23.7 Å². The molecule has 1 fully saturated rings. The first kappa shape index (κ1) is 28.1. The quantitative estimate of drug-likeness (QED) is 0.314. The third kappa shape index (κ3) is 4.98. The van der Waals surface area contributed by atoms with Crippen molar-refractivity contribution in [1.82, 2.24) is 4.57 Å². The predicted molar refractivity (Wildman–Crippen MR) is 160 cm³/mol. The number of nitrogens with one attached hydrogen (secondary N) is 1. The van der Waals surface area contributed by atoms with E-state index in [0.717, 1.165) is 34.2 Å². The van der Waals surface area contributed by atoms with Crippen LogP contribution in [0, 0.1) is 12.8 Å². The van der Waals surface area contributed by atoms with Gasteiger partial charge in [-0.25, -0.2) is 18.5 Å². The fourth-order valence-electron chi connectivity index (χ4n) is 5.30. The van der Waals surface area contributed by atoms with E-state index in [1.165, 1.54) is 33.7 Å². The van der Waals surface area contributed by atoms with Gasteiger partial charge >= 0.3 is 4.87 Å². The van der Waals surface area contributed by atoms with Crippen LogP contribution in [0.25, 0.3) is 0 Å². The molecule has 6 rings (SSSR count). The molecule has 1 aromatic heterocycles. The average Bonchev–Trinajstić information content (AvgIpc) is 3.40. The van der Waals surface area contributed by atoms with Gasteiger partial charge in [-0.05, 0) is 48.9 Å². The van der Waals surface area contributed by atoms with E-state index in [1.54, 1.807) is 12.1 Å². The Bertz CT molecular complexity index is 1880. The molecule has 1 saturated heterocycles. The molecule has 3 heterocycles. The first-order chi connectivity index (χ1) is 20.0. The molecule has 0 spiro atoms. The molecule has 3 aromatic carbocycles. The van der Waals surface area contributed by atoms with Crippen molar-refractivity contribution < 1.29 is 22.8 Å².